The molecule has 6 atom stereocenters. The van der Waals surface area contributed by atoms with E-state index >= 15 is 0 Å². The van der Waals surface area contributed by atoms with Gasteiger partial charge in [-0.25, -0.2) is 0 Å². The molecule has 0 saturated heterocycles. The minimum atomic E-state index is -5.87. The van der Waals surface area contributed by atoms with Crippen molar-refractivity contribution in [3.63, 3.8) is 0 Å². The summed E-state index contributed by atoms with van der Waals surface area (Å²) in [5.74, 6) is -6.49. The number of alkyl halides is 5. The molecule has 0 amide bonds. The molecule has 196 valence electrons. The van der Waals surface area contributed by atoms with Gasteiger partial charge < -0.3 is 9.66 Å². The number of benzene rings is 1. The summed E-state index contributed by atoms with van der Waals surface area (Å²) in [4.78, 5) is 12.7. The largest absolute Gasteiger partial charge is 0.612 e. The predicted molar refractivity (Wildman–Crippen MR) is 125 cm³/mol. The van der Waals surface area contributed by atoms with E-state index in [-0.39, 0.29) is 24.5 Å². The van der Waals surface area contributed by atoms with E-state index in [0.29, 0.717) is 30.6 Å². The van der Waals surface area contributed by atoms with E-state index in [1.165, 1.54) is 13.2 Å². The van der Waals surface area contributed by atoms with Gasteiger partial charge in [-0.3, -0.25) is 4.79 Å². The van der Waals surface area contributed by atoms with Crippen molar-refractivity contribution in [1.29, 1.82) is 0 Å². The lowest BCUT2D eigenvalue weighted by Crippen LogP contribution is -2.65. The van der Waals surface area contributed by atoms with Gasteiger partial charge >= 0.3 is 12.1 Å². The SMILES string of the molecule is C[S@@+]([O-])c1ccc([C@H]2C[C@@]3(C)C(CC[C@@]3(O)C(F)(F)C(F)(F)F)C3CCC4=CC(=O)CCC4=C32)cc1. The van der Waals surface area contributed by atoms with Gasteiger partial charge in [0.2, 0.25) is 0 Å². The zero-order valence-electron chi connectivity index (χ0n) is 20.1. The third-order valence-electron chi connectivity index (χ3n) is 9.38. The van der Waals surface area contributed by atoms with Crippen molar-refractivity contribution in [2.45, 2.75) is 80.4 Å². The standard InChI is InChI=1S/C27H29F5O3S/c1-24-14-21(15-3-7-18(8-4-15)36(2)35)23-19-10-6-17(33)13-16(19)5-9-20(23)22(24)11-12-25(24,34)26(28,29)27(30,31)32/h3-4,7-8,13,20-22,34H,5-6,9-12,14H2,1-2H3/t20?,21-,22?,24+,25+,36-/m1/s1. The van der Waals surface area contributed by atoms with Gasteiger partial charge in [0.15, 0.2) is 10.7 Å². The van der Waals surface area contributed by atoms with Crippen LogP contribution < -0.4 is 0 Å². The lowest BCUT2D eigenvalue weighted by Gasteiger charge is -2.56. The molecule has 9 heteroatoms. The highest BCUT2D eigenvalue weighted by molar-refractivity contribution is 7.90. The summed E-state index contributed by atoms with van der Waals surface area (Å²) in [5, 5.41) is 11.3. The van der Waals surface area contributed by atoms with Gasteiger partial charge in [0, 0.05) is 17.8 Å². The number of carbonyl (C=O) groups excluding carboxylic acids is 1. The Morgan fingerprint density at radius 2 is 1.72 bits per heavy atom. The van der Waals surface area contributed by atoms with Crippen LogP contribution in [0.25, 0.3) is 0 Å². The molecule has 0 heterocycles. The third kappa shape index (κ3) is 3.56. The highest BCUT2D eigenvalue weighted by atomic mass is 32.2. The maximum absolute atomic E-state index is 15.0. The number of hydrogen-bond donors (Lipinski definition) is 1. The molecule has 36 heavy (non-hydrogen) atoms. The first-order valence-corrected chi connectivity index (χ1v) is 13.8. The number of ketones is 1. The molecule has 0 radical (unpaired) electrons. The van der Waals surface area contributed by atoms with Gasteiger partial charge in [-0.2, -0.15) is 22.0 Å². The van der Waals surface area contributed by atoms with Gasteiger partial charge in [-0.15, -0.1) is 0 Å². The van der Waals surface area contributed by atoms with Crippen molar-refractivity contribution >= 4 is 17.0 Å². The molecule has 5 rings (SSSR count). The quantitative estimate of drug-likeness (QED) is 0.373. The Morgan fingerprint density at radius 3 is 2.33 bits per heavy atom. The van der Waals surface area contributed by atoms with Crippen molar-refractivity contribution in [3.05, 3.63) is 52.6 Å². The van der Waals surface area contributed by atoms with Gasteiger partial charge in [0.25, 0.3) is 0 Å². The van der Waals surface area contributed by atoms with Crippen LogP contribution in [-0.4, -0.2) is 39.4 Å². The van der Waals surface area contributed by atoms with E-state index in [4.69, 9.17) is 0 Å². The fourth-order valence-electron chi connectivity index (χ4n) is 7.61. The minimum absolute atomic E-state index is 0.0415. The molecule has 1 N–H and O–H groups in total. The van der Waals surface area contributed by atoms with Gasteiger partial charge in [-0.05, 0) is 96.5 Å². The summed E-state index contributed by atoms with van der Waals surface area (Å²) in [6, 6.07) is 6.90. The number of fused-ring (bicyclic) bond motifs is 4. The number of halogens is 5. The van der Waals surface area contributed by atoms with Gasteiger partial charge in [-0.1, -0.05) is 24.6 Å². The highest BCUT2D eigenvalue weighted by Gasteiger charge is 2.79. The van der Waals surface area contributed by atoms with Crippen molar-refractivity contribution < 1.29 is 36.4 Å². The Hall–Kier alpha value is -1.71. The number of allylic oxidation sites excluding steroid dienone is 4. The van der Waals surface area contributed by atoms with Gasteiger partial charge in [0.05, 0.1) is 0 Å². The van der Waals surface area contributed by atoms with Crippen molar-refractivity contribution in [2.75, 3.05) is 6.26 Å². The first-order chi connectivity index (χ1) is 16.7. The van der Waals surface area contributed by atoms with Crippen LogP contribution in [0, 0.1) is 17.3 Å². The molecule has 0 aromatic heterocycles. The topological polar surface area (TPSA) is 60.4 Å². The van der Waals surface area contributed by atoms with E-state index in [0.717, 1.165) is 22.3 Å². The molecule has 0 bridgehead atoms. The van der Waals surface area contributed by atoms with Crippen LogP contribution in [0.3, 0.4) is 0 Å². The molecule has 2 unspecified atom stereocenters. The Bertz CT molecular complexity index is 1140. The second-order valence-corrected chi connectivity index (χ2v) is 12.4. The Kier molecular flexibility index (Phi) is 6.05. The normalized spacial score (nSPS) is 35.6. The maximum Gasteiger partial charge on any atom is 0.456 e. The summed E-state index contributed by atoms with van der Waals surface area (Å²) in [5.41, 5.74) is -1.18. The van der Waals surface area contributed by atoms with Crippen molar-refractivity contribution in [2.24, 2.45) is 17.3 Å². The Balaban J connectivity index is 1.68. The number of carbonyl (C=O) groups is 1. The predicted octanol–water partition coefficient (Wildman–Crippen LogP) is 6.25. The summed E-state index contributed by atoms with van der Waals surface area (Å²) < 4.78 is 82.7. The van der Waals surface area contributed by atoms with E-state index in [1.807, 2.05) is 0 Å². The summed E-state index contributed by atoms with van der Waals surface area (Å²) >= 11 is -1.23. The molecule has 4 aliphatic carbocycles. The zero-order chi connectivity index (χ0) is 26.3. The number of aliphatic hydroxyl groups is 1. The van der Waals surface area contributed by atoms with E-state index < -0.39 is 52.5 Å². The molecule has 2 fully saturated rings. The van der Waals surface area contributed by atoms with Crippen LogP contribution in [0.2, 0.25) is 0 Å². The van der Waals surface area contributed by atoms with Crippen LogP contribution in [0.5, 0.6) is 0 Å². The third-order valence-corrected chi connectivity index (χ3v) is 10.3. The van der Waals surface area contributed by atoms with Gasteiger partial charge in [0.1, 0.15) is 11.9 Å². The van der Waals surface area contributed by atoms with Crippen LogP contribution in [0.15, 0.2) is 52.0 Å². The lowest BCUT2D eigenvalue weighted by atomic mass is 9.50. The highest BCUT2D eigenvalue weighted by Crippen LogP contribution is 2.70. The Labute approximate surface area is 210 Å². The Morgan fingerprint density at radius 1 is 1.06 bits per heavy atom. The van der Waals surface area contributed by atoms with Crippen molar-refractivity contribution in [1.82, 2.24) is 0 Å². The minimum Gasteiger partial charge on any atom is -0.612 e. The molecule has 2 saturated carbocycles. The first kappa shape index (κ1) is 25.9. The van der Waals surface area contributed by atoms with E-state index in [9.17, 15) is 36.4 Å². The van der Waals surface area contributed by atoms with E-state index in [1.54, 1.807) is 30.3 Å². The van der Waals surface area contributed by atoms with Crippen LogP contribution in [0.4, 0.5) is 22.0 Å². The average molecular weight is 529 g/mol. The fraction of sp³-hybridized carbons (Fsp3) is 0.593. The second kappa shape index (κ2) is 8.40. The van der Waals surface area contributed by atoms with Crippen molar-refractivity contribution in [3.8, 4) is 0 Å². The zero-order valence-corrected chi connectivity index (χ0v) is 20.9. The lowest BCUT2D eigenvalue weighted by molar-refractivity contribution is -0.362. The molecule has 0 aliphatic heterocycles. The van der Waals surface area contributed by atoms with Crippen LogP contribution in [0.1, 0.15) is 63.4 Å². The molecule has 0 spiro atoms. The summed E-state index contributed by atoms with van der Waals surface area (Å²) in [6.07, 6.45) is -1.31. The first-order valence-electron chi connectivity index (χ1n) is 12.3. The van der Waals surface area contributed by atoms with Crippen LogP contribution in [-0.2, 0) is 16.0 Å². The monoisotopic (exact) mass is 528 g/mol. The molecule has 4 aliphatic rings. The van der Waals surface area contributed by atoms with Crippen LogP contribution >= 0.6 is 0 Å². The van der Waals surface area contributed by atoms with E-state index in [2.05, 4.69) is 0 Å². The number of rotatable bonds is 3. The number of hydrogen-bond acceptors (Lipinski definition) is 3. The molecular formula is C27H29F5O3S. The molecular weight excluding hydrogens is 499 g/mol. The maximum atomic E-state index is 15.0. The molecule has 1 aromatic rings. The average Bonchev–Trinajstić information content (AvgIpc) is 3.09. The summed E-state index contributed by atoms with van der Waals surface area (Å²) in [7, 11) is 0. The summed E-state index contributed by atoms with van der Waals surface area (Å²) in [6.45, 7) is 1.41. The molecule has 3 nitrogen and oxygen atoms in total. The smallest absolute Gasteiger partial charge is 0.456 e. The molecule has 1 aromatic carbocycles. The fourth-order valence-corrected chi connectivity index (χ4v) is 8.13. The second-order valence-electron chi connectivity index (χ2n) is 11.0.